The van der Waals surface area contributed by atoms with E-state index < -0.39 is 10.7 Å². The number of nitrogens with zero attached hydrogens (tertiary/aromatic N) is 2. The number of nitro benzene ring substituents is 1. The first-order chi connectivity index (χ1) is 7.61. The van der Waals surface area contributed by atoms with Crippen molar-refractivity contribution in [3.63, 3.8) is 0 Å². The number of hydrogen-bond donors (Lipinski definition) is 0. The number of benzene rings is 1. The van der Waals surface area contributed by atoms with Crippen LogP contribution in [0.5, 0.6) is 0 Å². The third-order valence-electron chi connectivity index (χ3n) is 2.59. The Hall–Kier alpha value is -1.98. The van der Waals surface area contributed by atoms with Crippen LogP contribution >= 0.6 is 0 Å². The number of nitro groups is 1. The maximum atomic E-state index is 13.5. The van der Waals surface area contributed by atoms with E-state index in [2.05, 4.69) is 0 Å². The summed E-state index contributed by atoms with van der Waals surface area (Å²) in [5.41, 5.74) is 0.0393. The SMILES string of the molecule is O=CC1CN(c2ccc([N+](=O)[O-])cc2F)C1. The first-order valence-corrected chi connectivity index (χ1v) is 4.76. The normalized spacial score (nSPS) is 15.7. The van der Waals surface area contributed by atoms with Crippen molar-refractivity contribution < 1.29 is 14.1 Å². The lowest BCUT2D eigenvalue weighted by molar-refractivity contribution is -0.385. The third-order valence-corrected chi connectivity index (χ3v) is 2.59. The highest BCUT2D eigenvalue weighted by atomic mass is 19.1. The first kappa shape index (κ1) is 10.5. The molecule has 0 N–H and O–H groups in total. The van der Waals surface area contributed by atoms with Crippen LogP contribution in [0.15, 0.2) is 18.2 Å². The van der Waals surface area contributed by atoms with E-state index in [0.29, 0.717) is 18.8 Å². The fraction of sp³-hybridized carbons (Fsp3) is 0.300. The van der Waals surface area contributed by atoms with Gasteiger partial charge in [-0.25, -0.2) is 4.39 Å². The molecule has 0 atom stereocenters. The summed E-state index contributed by atoms with van der Waals surface area (Å²) in [6, 6.07) is 3.52. The van der Waals surface area contributed by atoms with E-state index in [9.17, 15) is 19.3 Å². The van der Waals surface area contributed by atoms with Gasteiger partial charge in [-0.3, -0.25) is 10.1 Å². The predicted molar refractivity (Wildman–Crippen MR) is 54.8 cm³/mol. The Labute approximate surface area is 90.6 Å². The van der Waals surface area contributed by atoms with Gasteiger partial charge in [0.25, 0.3) is 5.69 Å². The minimum atomic E-state index is -0.642. The number of rotatable bonds is 3. The average molecular weight is 224 g/mol. The molecule has 0 bridgehead atoms. The van der Waals surface area contributed by atoms with Crippen molar-refractivity contribution in [2.24, 2.45) is 5.92 Å². The summed E-state index contributed by atoms with van der Waals surface area (Å²) >= 11 is 0. The molecule has 2 rings (SSSR count). The first-order valence-electron chi connectivity index (χ1n) is 4.76. The van der Waals surface area contributed by atoms with Gasteiger partial charge in [0, 0.05) is 25.1 Å². The molecule has 0 aromatic heterocycles. The molecule has 84 valence electrons. The van der Waals surface area contributed by atoms with Crippen molar-refractivity contribution in [1.82, 2.24) is 0 Å². The Morgan fingerprint density at radius 1 is 1.50 bits per heavy atom. The predicted octanol–water partition coefficient (Wildman–Crippen LogP) is 1.37. The molecule has 0 saturated carbocycles. The number of carbonyl (C=O) groups excluding carboxylic acids is 1. The highest BCUT2D eigenvalue weighted by Gasteiger charge is 2.28. The molecule has 0 aliphatic carbocycles. The van der Waals surface area contributed by atoms with Crippen molar-refractivity contribution >= 4 is 17.7 Å². The molecule has 0 spiro atoms. The Balaban J connectivity index is 2.18. The Morgan fingerprint density at radius 2 is 2.19 bits per heavy atom. The molecular formula is C10H9FN2O3. The molecule has 5 nitrogen and oxygen atoms in total. The van der Waals surface area contributed by atoms with Crippen LogP contribution in [-0.2, 0) is 4.79 Å². The van der Waals surface area contributed by atoms with Crippen LogP contribution in [0.3, 0.4) is 0 Å². The lowest BCUT2D eigenvalue weighted by atomic mass is 10.0. The van der Waals surface area contributed by atoms with Crippen LogP contribution in [0.1, 0.15) is 0 Å². The van der Waals surface area contributed by atoms with E-state index >= 15 is 0 Å². The Morgan fingerprint density at radius 3 is 2.69 bits per heavy atom. The van der Waals surface area contributed by atoms with E-state index in [1.807, 2.05) is 0 Å². The van der Waals surface area contributed by atoms with Gasteiger partial charge in [-0.2, -0.15) is 0 Å². The van der Waals surface area contributed by atoms with Gasteiger partial charge in [0.2, 0.25) is 0 Å². The van der Waals surface area contributed by atoms with Crippen LogP contribution in [0.25, 0.3) is 0 Å². The minimum absolute atomic E-state index is 0.0606. The van der Waals surface area contributed by atoms with Gasteiger partial charge in [-0.1, -0.05) is 0 Å². The zero-order valence-electron chi connectivity index (χ0n) is 8.30. The number of non-ortho nitro benzene ring substituents is 1. The number of anilines is 1. The molecule has 1 heterocycles. The average Bonchev–Trinajstić information content (AvgIpc) is 2.18. The molecule has 1 aromatic rings. The van der Waals surface area contributed by atoms with Gasteiger partial charge >= 0.3 is 0 Å². The maximum absolute atomic E-state index is 13.5. The maximum Gasteiger partial charge on any atom is 0.272 e. The van der Waals surface area contributed by atoms with Crippen molar-refractivity contribution in [1.29, 1.82) is 0 Å². The van der Waals surface area contributed by atoms with E-state index in [-0.39, 0.29) is 11.6 Å². The van der Waals surface area contributed by atoms with Crippen molar-refractivity contribution in [2.75, 3.05) is 18.0 Å². The van der Waals surface area contributed by atoms with Crippen LogP contribution in [0.4, 0.5) is 15.8 Å². The fourth-order valence-corrected chi connectivity index (χ4v) is 1.66. The smallest absolute Gasteiger partial charge is 0.272 e. The largest absolute Gasteiger partial charge is 0.368 e. The van der Waals surface area contributed by atoms with E-state index in [0.717, 1.165) is 12.4 Å². The van der Waals surface area contributed by atoms with Gasteiger partial charge in [-0.05, 0) is 6.07 Å². The highest BCUT2D eigenvalue weighted by molar-refractivity contribution is 5.63. The van der Waals surface area contributed by atoms with E-state index in [1.165, 1.54) is 12.1 Å². The number of halogens is 1. The van der Waals surface area contributed by atoms with Crippen LogP contribution < -0.4 is 4.90 Å². The summed E-state index contributed by atoms with van der Waals surface area (Å²) in [4.78, 5) is 21.8. The lowest BCUT2D eigenvalue weighted by Crippen LogP contribution is -2.47. The molecule has 1 aliphatic heterocycles. The summed E-state index contributed by atoms with van der Waals surface area (Å²) in [5.74, 6) is -0.687. The van der Waals surface area contributed by atoms with Gasteiger partial charge in [0.1, 0.15) is 6.29 Å². The fourth-order valence-electron chi connectivity index (χ4n) is 1.66. The van der Waals surface area contributed by atoms with Crippen LogP contribution in [-0.4, -0.2) is 24.3 Å². The third kappa shape index (κ3) is 1.73. The molecule has 6 heteroatoms. The Kier molecular flexibility index (Phi) is 2.55. The summed E-state index contributed by atoms with van der Waals surface area (Å²) in [5, 5.41) is 10.4. The van der Waals surface area contributed by atoms with Gasteiger partial charge in [-0.15, -0.1) is 0 Å². The molecule has 16 heavy (non-hydrogen) atoms. The summed E-state index contributed by atoms with van der Waals surface area (Å²) in [7, 11) is 0. The summed E-state index contributed by atoms with van der Waals surface area (Å²) in [6.45, 7) is 0.941. The molecular weight excluding hydrogens is 215 g/mol. The lowest BCUT2D eigenvalue weighted by Gasteiger charge is -2.38. The number of hydrogen-bond acceptors (Lipinski definition) is 4. The van der Waals surface area contributed by atoms with Crippen molar-refractivity contribution in [2.45, 2.75) is 0 Å². The summed E-state index contributed by atoms with van der Waals surface area (Å²) < 4.78 is 13.5. The monoisotopic (exact) mass is 224 g/mol. The van der Waals surface area contributed by atoms with Crippen LogP contribution in [0.2, 0.25) is 0 Å². The Bertz CT molecular complexity index is 444. The van der Waals surface area contributed by atoms with Gasteiger partial charge in [0.15, 0.2) is 5.82 Å². The molecule has 1 saturated heterocycles. The molecule has 1 aliphatic rings. The second-order valence-corrected chi connectivity index (χ2v) is 3.69. The second kappa shape index (κ2) is 3.88. The van der Waals surface area contributed by atoms with Crippen molar-refractivity contribution in [3.05, 3.63) is 34.1 Å². The molecule has 1 aromatic carbocycles. The topological polar surface area (TPSA) is 63.5 Å². The van der Waals surface area contributed by atoms with E-state index in [1.54, 1.807) is 4.90 Å². The minimum Gasteiger partial charge on any atom is -0.368 e. The highest BCUT2D eigenvalue weighted by Crippen LogP contribution is 2.28. The standard InChI is InChI=1S/C10H9FN2O3/c11-9-3-8(13(15)16)1-2-10(9)12-4-7(5-12)6-14/h1-3,6-7H,4-5H2. The quantitative estimate of drug-likeness (QED) is 0.442. The zero-order valence-corrected chi connectivity index (χ0v) is 8.30. The zero-order chi connectivity index (χ0) is 11.7. The molecule has 1 fully saturated rings. The second-order valence-electron chi connectivity index (χ2n) is 3.69. The summed E-state index contributed by atoms with van der Waals surface area (Å²) in [6.07, 6.45) is 0.833. The van der Waals surface area contributed by atoms with Crippen LogP contribution in [0, 0.1) is 21.8 Å². The molecule has 0 amide bonds. The molecule has 0 radical (unpaired) electrons. The number of carbonyl (C=O) groups is 1. The van der Waals surface area contributed by atoms with Crippen molar-refractivity contribution in [3.8, 4) is 0 Å². The van der Waals surface area contributed by atoms with Gasteiger partial charge < -0.3 is 9.69 Å². The number of aldehydes is 1. The molecule has 0 unspecified atom stereocenters. The van der Waals surface area contributed by atoms with Gasteiger partial charge in [0.05, 0.1) is 16.7 Å². The van der Waals surface area contributed by atoms with E-state index in [4.69, 9.17) is 0 Å².